The number of H-pyrrole nitrogens is 1. The molecule has 12 rings (SSSR count). The van der Waals surface area contributed by atoms with Crippen molar-refractivity contribution in [1.82, 2.24) is 48.3 Å². The summed E-state index contributed by atoms with van der Waals surface area (Å²) in [4.78, 5) is 47.8. The number of nitrogens with zero attached hydrogens (tertiary/aromatic N) is 9. The Balaban J connectivity index is 1.03. The summed E-state index contributed by atoms with van der Waals surface area (Å²) in [7, 11) is 1.72. The molecule has 1 saturated carbocycles. The molecule has 1 N–H and O–H groups in total. The molecular weight excluding hydrogens is 863 g/mol. The Labute approximate surface area is 381 Å². The second-order valence-corrected chi connectivity index (χ2v) is 19.6. The van der Waals surface area contributed by atoms with Crippen LogP contribution in [0.25, 0.3) is 39.0 Å². The lowest BCUT2D eigenvalue weighted by molar-refractivity contribution is -0.0592. The standard InChI is InChI=1S/C49H48F2N10O6/c1-25-16-32(17-26(2)40(25)50)61-42(58-14-13-57(46(58)64)37-11-10-36-33(41(37)51)23-52-56(36)7)39-28(4)59(48(24-66-48)22-34(39)54-61)43(62)38-19-31-18-29(30-12-15-65-47(5,6)21-30)8-9-35(31)60(38)49(20-27(49)3)44-53-45(63)67-55-44/h8-11,13-14,16-19,23,27-28,30H,12,15,20-22,24H2,1-7H3,(H,53,55,63)/t27-,28-,30-,48?,49-/m0/s1. The van der Waals surface area contributed by atoms with Crippen molar-refractivity contribution in [2.24, 2.45) is 13.0 Å². The minimum Gasteiger partial charge on any atom is -0.376 e. The van der Waals surface area contributed by atoms with E-state index in [0.717, 1.165) is 29.3 Å². The van der Waals surface area contributed by atoms with Crippen molar-refractivity contribution in [2.75, 3.05) is 13.2 Å². The number of carbonyl (C=O) groups excluding carboxylic acids is 1. The van der Waals surface area contributed by atoms with Gasteiger partial charge < -0.3 is 14.0 Å². The summed E-state index contributed by atoms with van der Waals surface area (Å²) in [5.41, 5.74) is 2.45. The molecule has 8 aromatic rings. The fraction of sp³-hybridized carbons (Fsp3) is 0.388. The predicted octanol–water partition coefficient (Wildman–Crippen LogP) is 7.17. The Hall–Kier alpha value is -6.92. The Bertz CT molecular complexity index is 3500. The van der Waals surface area contributed by atoms with Gasteiger partial charge in [0.05, 0.1) is 52.4 Å². The van der Waals surface area contributed by atoms with Crippen molar-refractivity contribution in [3.63, 3.8) is 0 Å². The average Bonchev–Trinajstić information content (AvgIpc) is 3.71. The number of benzene rings is 3. The van der Waals surface area contributed by atoms with Crippen LogP contribution in [0.15, 0.2) is 81.2 Å². The van der Waals surface area contributed by atoms with E-state index in [1.54, 1.807) is 59.6 Å². The maximum atomic E-state index is 16.2. The smallest absolute Gasteiger partial charge is 0.376 e. The van der Waals surface area contributed by atoms with E-state index in [2.05, 4.69) is 54.2 Å². The van der Waals surface area contributed by atoms with Crippen LogP contribution >= 0.6 is 0 Å². The maximum Gasteiger partial charge on any atom is 0.438 e. The second-order valence-electron chi connectivity index (χ2n) is 19.6. The van der Waals surface area contributed by atoms with Crippen molar-refractivity contribution >= 4 is 27.7 Å². The average molecular weight is 911 g/mol. The van der Waals surface area contributed by atoms with Crippen LogP contribution in [0, 0.1) is 31.4 Å². The van der Waals surface area contributed by atoms with Crippen LogP contribution in [0.4, 0.5) is 8.78 Å². The highest BCUT2D eigenvalue weighted by Gasteiger charge is 2.62. The summed E-state index contributed by atoms with van der Waals surface area (Å²) in [6, 6.07) is 14.1. The first-order valence-electron chi connectivity index (χ1n) is 22.6. The van der Waals surface area contributed by atoms with Crippen LogP contribution < -0.4 is 11.4 Å². The quantitative estimate of drug-likeness (QED) is 0.163. The summed E-state index contributed by atoms with van der Waals surface area (Å²) in [5.74, 6) is -1.15. The molecule has 1 aliphatic carbocycles. The maximum absolute atomic E-state index is 16.2. The molecule has 1 spiro atoms. The van der Waals surface area contributed by atoms with E-state index in [-0.39, 0.29) is 53.3 Å². The van der Waals surface area contributed by atoms with Gasteiger partial charge in [-0.3, -0.25) is 33.0 Å². The number of nitrogens with one attached hydrogen (secondary N) is 1. The number of aromatic amines is 1. The van der Waals surface area contributed by atoms with Crippen LogP contribution in [0.1, 0.15) is 103 Å². The number of epoxide rings is 1. The van der Waals surface area contributed by atoms with Crippen molar-refractivity contribution in [1.29, 1.82) is 0 Å². The fourth-order valence-electron chi connectivity index (χ4n) is 11.4. The monoisotopic (exact) mass is 910 g/mol. The number of imidazole rings is 1. The highest BCUT2D eigenvalue weighted by atomic mass is 19.1. The zero-order chi connectivity index (χ0) is 46.6. The Morgan fingerprint density at radius 1 is 0.925 bits per heavy atom. The summed E-state index contributed by atoms with van der Waals surface area (Å²) in [5, 5.41) is 14.6. The van der Waals surface area contributed by atoms with Gasteiger partial charge in [-0.1, -0.05) is 18.1 Å². The molecule has 0 radical (unpaired) electrons. The molecule has 0 bridgehead atoms. The van der Waals surface area contributed by atoms with Crippen LogP contribution in [0.3, 0.4) is 0 Å². The number of amides is 1. The van der Waals surface area contributed by atoms with Crippen LogP contribution in [-0.4, -0.2) is 78.7 Å². The van der Waals surface area contributed by atoms with Gasteiger partial charge in [-0.15, -0.1) is 0 Å². The second kappa shape index (κ2) is 14.1. The van der Waals surface area contributed by atoms with Crippen molar-refractivity contribution in [3.05, 3.63) is 139 Å². The lowest BCUT2D eigenvalue weighted by atomic mass is 9.83. The number of halogens is 2. The largest absolute Gasteiger partial charge is 0.438 e. The van der Waals surface area contributed by atoms with Gasteiger partial charge in [-0.25, -0.2) is 23.1 Å². The molecule has 1 amide bonds. The zero-order valence-electron chi connectivity index (χ0n) is 38.1. The molecular formula is C49H48F2N10O6. The minimum absolute atomic E-state index is 0.0287. The van der Waals surface area contributed by atoms with Gasteiger partial charge in [-0.05, 0) is 125 Å². The molecule has 1 unspecified atom stereocenters. The number of hydrogen-bond acceptors (Lipinski definition) is 9. The molecule has 3 aliphatic heterocycles. The van der Waals surface area contributed by atoms with Crippen molar-refractivity contribution in [3.8, 4) is 17.2 Å². The molecule has 344 valence electrons. The van der Waals surface area contributed by atoms with E-state index in [9.17, 15) is 9.59 Å². The van der Waals surface area contributed by atoms with E-state index in [1.165, 1.54) is 27.6 Å². The minimum atomic E-state index is -1.08. The first kappa shape index (κ1) is 41.5. The van der Waals surface area contributed by atoms with Gasteiger partial charge in [0.25, 0.3) is 5.91 Å². The van der Waals surface area contributed by atoms with Gasteiger partial charge in [0.2, 0.25) is 0 Å². The summed E-state index contributed by atoms with van der Waals surface area (Å²) in [6.45, 7) is 12.4. The SMILES string of the molecule is Cc1cc(-n2nc3c(c2-n2ccn(-c4ccc5c(cnn5C)c4F)c2=O)[C@H](C)N(C(=O)c2cc4cc([C@H]5CCOC(C)(C)C5)ccc4n2[C@@]2(c4noc(=O)[nH]4)C[C@@H]2C)C2(CO2)C3)cc(C)c1F. The number of aromatic nitrogens is 9. The molecule has 5 aromatic heterocycles. The topological polar surface area (TPSA) is 168 Å². The lowest BCUT2D eigenvalue weighted by Gasteiger charge is -2.39. The molecule has 18 heteroatoms. The predicted molar refractivity (Wildman–Crippen MR) is 241 cm³/mol. The molecule has 67 heavy (non-hydrogen) atoms. The summed E-state index contributed by atoms with van der Waals surface area (Å²) < 4.78 is 56.7. The molecule has 8 heterocycles. The number of ether oxygens (including phenoxy) is 2. The third-order valence-electron chi connectivity index (χ3n) is 14.9. The molecule has 4 aliphatic rings. The van der Waals surface area contributed by atoms with Gasteiger partial charge in [-0.2, -0.15) is 10.2 Å². The molecule has 2 saturated heterocycles. The van der Waals surface area contributed by atoms with E-state index in [0.29, 0.717) is 64.0 Å². The number of aryl methyl sites for hydroxylation is 3. The fourth-order valence-corrected chi connectivity index (χ4v) is 11.4. The Kier molecular flexibility index (Phi) is 8.71. The lowest BCUT2D eigenvalue weighted by Crippen LogP contribution is -2.50. The van der Waals surface area contributed by atoms with Gasteiger partial charge in [0.1, 0.15) is 22.9 Å². The zero-order valence-corrected chi connectivity index (χ0v) is 38.1. The van der Waals surface area contributed by atoms with Crippen LogP contribution in [-0.2, 0) is 28.5 Å². The third-order valence-corrected chi connectivity index (χ3v) is 14.9. The Morgan fingerprint density at radius 2 is 1.66 bits per heavy atom. The number of hydrogen-bond donors (Lipinski definition) is 1. The van der Waals surface area contributed by atoms with Gasteiger partial charge >= 0.3 is 11.4 Å². The Morgan fingerprint density at radius 3 is 2.34 bits per heavy atom. The van der Waals surface area contributed by atoms with E-state index >= 15 is 13.6 Å². The first-order valence-corrected chi connectivity index (χ1v) is 22.6. The van der Waals surface area contributed by atoms with E-state index in [1.807, 2.05) is 17.6 Å². The summed E-state index contributed by atoms with van der Waals surface area (Å²) in [6.07, 6.45) is 6.94. The van der Waals surface area contributed by atoms with Gasteiger partial charge in [0, 0.05) is 48.9 Å². The van der Waals surface area contributed by atoms with E-state index in [4.69, 9.17) is 19.1 Å². The molecule has 5 atom stereocenters. The number of carbonyl (C=O) groups is 1. The third kappa shape index (κ3) is 6.00. The molecule has 3 fully saturated rings. The normalized spacial score (nSPS) is 24.3. The van der Waals surface area contributed by atoms with Gasteiger partial charge in [0.15, 0.2) is 17.4 Å². The number of rotatable bonds is 7. The van der Waals surface area contributed by atoms with Crippen LogP contribution in [0.2, 0.25) is 0 Å². The molecule has 16 nitrogen and oxygen atoms in total. The van der Waals surface area contributed by atoms with E-state index < -0.39 is 34.6 Å². The van der Waals surface area contributed by atoms with Crippen molar-refractivity contribution < 1.29 is 27.6 Å². The van der Waals surface area contributed by atoms with Crippen molar-refractivity contribution in [2.45, 2.75) is 96.1 Å². The molecule has 3 aromatic carbocycles. The first-order chi connectivity index (χ1) is 32.0. The highest BCUT2D eigenvalue weighted by molar-refractivity contribution is 6.00. The summed E-state index contributed by atoms with van der Waals surface area (Å²) >= 11 is 0. The number of fused-ring (bicyclic) bond motifs is 3. The van der Waals surface area contributed by atoms with Crippen LogP contribution in [0.5, 0.6) is 0 Å². The highest BCUT2D eigenvalue weighted by Crippen LogP contribution is 2.57.